The summed E-state index contributed by atoms with van der Waals surface area (Å²) in [6.45, 7) is 7.74. The highest BCUT2D eigenvalue weighted by Gasteiger charge is 2.17. The van der Waals surface area contributed by atoms with Gasteiger partial charge in [0.25, 0.3) is 0 Å². The van der Waals surface area contributed by atoms with Gasteiger partial charge in [0.1, 0.15) is 6.61 Å². The van der Waals surface area contributed by atoms with E-state index in [0.29, 0.717) is 19.4 Å². The maximum Gasteiger partial charge on any atom is 0.306 e. The largest absolute Gasteiger partial charge is 0.462 e. The van der Waals surface area contributed by atoms with Gasteiger partial charge < -0.3 is 14.2 Å². The number of hydrogen-bond acceptors (Lipinski definition) is 5. The van der Waals surface area contributed by atoms with Crippen LogP contribution in [0, 0.1) is 0 Å². The van der Waals surface area contributed by atoms with E-state index < -0.39 is 6.10 Å². The number of hydrogen-bond donors (Lipinski definition) is 0. The Morgan fingerprint density at radius 3 is 1.14 bits per heavy atom. The van der Waals surface area contributed by atoms with Crippen LogP contribution in [-0.2, 0) is 23.8 Å². The SMILES string of the molecule is CCC/C=C\C/C=C\CCCCCCCC(=O)OC(COCCCCCCCCC/C=C\C/C=C\C/C=C\CCCCC)COC(=O)CCCCCCCCCCCCCCCCC. The molecule has 0 aromatic heterocycles. The van der Waals surface area contributed by atoms with Crippen LogP contribution < -0.4 is 0 Å². The van der Waals surface area contributed by atoms with E-state index >= 15 is 0 Å². The molecule has 0 aromatic carbocycles. The zero-order valence-corrected chi connectivity index (χ0v) is 42.8. The fourth-order valence-corrected chi connectivity index (χ4v) is 7.85. The van der Waals surface area contributed by atoms with Gasteiger partial charge in [-0.3, -0.25) is 9.59 Å². The van der Waals surface area contributed by atoms with Crippen LogP contribution in [-0.4, -0.2) is 37.9 Å². The molecule has 0 N–H and O–H groups in total. The molecule has 1 atom stereocenters. The van der Waals surface area contributed by atoms with E-state index in [1.54, 1.807) is 0 Å². The Morgan fingerprint density at radius 1 is 0.344 bits per heavy atom. The predicted molar refractivity (Wildman–Crippen MR) is 279 cm³/mol. The van der Waals surface area contributed by atoms with E-state index in [9.17, 15) is 9.59 Å². The van der Waals surface area contributed by atoms with E-state index in [4.69, 9.17) is 14.2 Å². The molecule has 5 nitrogen and oxygen atoms in total. The summed E-state index contributed by atoms with van der Waals surface area (Å²) < 4.78 is 17.4. The van der Waals surface area contributed by atoms with Crippen molar-refractivity contribution in [1.29, 1.82) is 0 Å². The van der Waals surface area contributed by atoms with E-state index in [1.807, 2.05) is 0 Å². The van der Waals surface area contributed by atoms with Gasteiger partial charge >= 0.3 is 11.9 Å². The van der Waals surface area contributed by atoms with Crippen LogP contribution in [0.15, 0.2) is 60.8 Å². The van der Waals surface area contributed by atoms with Crippen molar-refractivity contribution in [2.24, 2.45) is 0 Å². The smallest absolute Gasteiger partial charge is 0.306 e. The molecule has 0 aliphatic carbocycles. The van der Waals surface area contributed by atoms with E-state index in [-0.39, 0.29) is 25.2 Å². The summed E-state index contributed by atoms with van der Waals surface area (Å²) in [7, 11) is 0. The third-order valence-corrected chi connectivity index (χ3v) is 12.0. The Hall–Kier alpha value is -2.40. The first-order valence-electron chi connectivity index (χ1n) is 27.8. The number of unbranched alkanes of at least 4 members (excludes halogenated alkanes) is 30. The molecule has 64 heavy (non-hydrogen) atoms. The lowest BCUT2D eigenvalue weighted by molar-refractivity contribution is -0.163. The number of allylic oxidation sites excluding steroid dienone is 10. The number of carbonyl (C=O) groups excluding carboxylic acids is 2. The molecule has 0 rings (SSSR count). The van der Waals surface area contributed by atoms with Crippen molar-refractivity contribution in [3.8, 4) is 0 Å². The Labute approximate surface area is 398 Å². The minimum atomic E-state index is -0.548. The van der Waals surface area contributed by atoms with Gasteiger partial charge in [-0.2, -0.15) is 0 Å². The molecule has 0 aromatic rings. The highest BCUT2D eigenvalue weighted by molar-refractivity contribution is 5.70. The average Bonchev–Trinajstić information content (AvgIpc) is 3.30. The highest BCUT2D eigenvalue weighted by Crippen LogP contribution is 2.15. The van der Waals surface area contributed by atoms with Crippen molar-refractivity contribution in [3.05, 3.63) is 60.8 Å². The standard InChI is InChI=1S/C59H106O5/c1-4-7-10-13-16-19-22-25-27-28-29-30-31-33-36-39-42-45-48-51-54-62-55-57(64-59(61)53-50-47-44-41-38-34-24-21-18-15-12-9-6-3)56-63-58(60)52-49-46-43-40-37-35-32-26-23-20-17-14-11-8-5-2/h12,15-16,19,21,24-25,27,29-30,57H,4-11,13-14,17-18,20,22-23,26,28,31-56H2,1-3H3/b15-12-,19-16-,24-21-,27-25-,30-29-. The minimum absolute atomic E-state index is 0.0773. The summed E-state index contributed by atoms with van der Waals surface area (Å²) >= 11 is 0. The second-order valence-electron chi connectivity index (χ2n) is 18.5. The zero-order valence-electron chi connectivity index (χ0n) is 42.8. The average molecular weight is 895 g/mol. The molecule has 0 spiro atoms. The van der Waals surface area contributed by atoms with Crippen molar-refractivity contribution < 1.29 is 23.8 Å². The summed E-state index contributed by atoms with van der Waals surface area (Å²) in [5.41, 5.74) is 0. The molecular weight excluding hydrogens is 789 g/mol. The van der Waals surface area contributed by atoms with Crippen LogP contribution >= 0.6 is 0 Å². The van der Waals surface area contributed by atoms with E-state index in [1.165, 1.54) is 173 Å². The van der Waals surface area contributed by atoms with Gasteiger partial charge in [-0.1, -0.05) is 242 Å². The van der Waals surface area contributed by atoms with Crippen molar-refractivity contribution in [2.45, 2.75) is 284 Å². The summed E-state index contributed by atoms with van der Waals surface area (Å²) in [6.07, 6.45) is 69.5. The summed E-state index contributed by atoms with van der Waals surface area (Å²) in [5, 5.41) is 0. The molecule has 5 heteroatoms. The lowest BCUT2D eigenvalue weighted by atomic mass is 10.0. The molecular formula is C59H106O5. The first-order chi connectivity index (χ1) is 31.6. The fraction of sp³-hybridized carbons (Fsp3) is 0.797. The summed E-state index contributed by atoms with van der Waals surface area (Å²) in [5.74, 6) is -0.409. The summed E-state index contributed by atoms with van der Waals surface area (Å²) in [6, 6.07) is 0. The Morgan fingerprint density at radius 2 is 0.688 bits per heavy atom. The zero-order chi connectivity index (χ0) is 46.3. The molecule has 0 saturated heterocycles. The third kappa shape index (κ3) is 52.2. The van der Waals surface area contributed by atoms with Crippen LogP contribution in [0.3, 0.4) is 0 Å². The molecule has 372 valence electrons. The fourth-order valence-electron chi connectivity index (χ4n) is 7.85. The van der Waals surface area contributed by atoms with Crippen molar-refractivity contribution in [3.63, 3.8) is 0 Å². The van der Waals surface area contributed by atoms with Crippen molar-refractivity contribution in [2.75, 3.05) is 19.8 Å². The van der Waals surface area contributed by atoms with Gasteiger partial charge in [0.15, 0.2) is 6.10 Å². The number of rotatable bonds is 51. The molecule has 0 radical (unpaired) electrons. The second kappa shape index (κ2) is 54.9. The monoisotopic (exact) mass is 895 g/mol. The van der Waals surface area contributed by atoms with Gasteiger partial charge in [0, 0.05) is 19.4 Å². The van der Waals surface area contributed by atoms with Crippen molar-refractivity contribution in [1.82, 2.24) is 0 Å². The second-order valence-corrected chi connectivity index (χ2v) is 18.5. The molecule has 0 saturated carbocycles. The first-order valence-corrected chi connectivity index (χ1v) is 27.8. The molecule has 0 bridgehead atoms. The Bertz CT molecular complexity index is 1100. The van der Waals surface area contributed by atoms with Crippen LogP contribution in [0.25, 0.3) is 0 Å². The van der Waals surface area contributed by atoms with Gasteiger partial charge in [-0.15, -0.1) is 0 Å². The van der Waals surface area contributed by atoms with Gasteiger partial charge in [-0.05, 0) is 83.5 Å². The van der Waals surface area contributed by atoms with Gasteiger partial charge in [0.2, 0.25) is 0 Å². The lowest BCUT2D eigenvalue weighted by Gasteiger charge is -2.18. The lowest BCUT2D eigenvalue weighted by Crippen LogP contribution is -2.30. The molecule has 0 aliphatic heterocycles. The Balaban J connectivity index is 4.26. The first kappa shape index (κ1) is 61.6. The predicted octanol–water partition coefficient (Wildman–Crippen LogP) is 18.9. The quantitative estimate of drug-likeness (QED) is 0.0346. The molecule has 0 fully saturated rings. The number of carbonyl (C=O) groups is 2. The van der Waals surface area contributed by atoms with Crippen molar-refractivity contribution >= 4 is 11.9 Å². The molecule has 0 amide bonds. The Kier molecular flexibility index (Phi) is 52.9. The highest BCUT2D eigenvalue weighted by atomic mass is 16.6. The van der Waals surface area contributed by atoms with E-state index in [2.05, 4.69) is 81.5 Å². The van der Waals surface area contributed by atoms with Crippen LogP contribution in [0.4, 0.5) is 0 Å². The number of esters is 2. The maximum atomic E-state index is 12.8. The van der Waals surface area contributed by atoms with Gasteiger partial charge in [0.05, 0.1) is 6.61 Å². The normalized spacial score (nSPS) is 12.6. The van der Waals surface area contributed by atoms with Crippen LogP contribution in [0.5, 0.6) is 0 Å². The molecule has 1 unspecified atom stereocenters. The minimum Gasteiger partial charge on any atom is -0.462 e. The van der Waals surface area contributed by atoms with Crippen LogP contribution in [0.2, 0.25) is 0 Å². The van der Waals surface area contributed by atoms with Gasteiger partial charge in [-0.25, -0.2) is 0 Å². The molecule has 0 aliphatic rings. The topological polar surface area (TPSA) is 61.8 Å². The summed E-state index contributed by atoms with van der Waals surface area (Å²) in [4.78, 5) is 25.4. The number of ether oxygens (including phenoxy) is 3. The maximum absolute atomic E-state index is 12.8. The van der Waals surface area contributed by atoms with E-state index in [0.717, 1.165) is 70.6 Å². The third-order valence-electron chi connectivity index (χ3n) is 12.0. The molecule has 0 heterocycles. The van der Waals surface area contributed by atoms with Crippen LogP contribution in [0.1, 0.15) is 278 Å².